The molecule has 119 heavy (non-hydrogen) atoms. The highest BCUT2D eigenvalue weighted by atomic mass is 19.1. The number of aliphatic hydroxyl groups is 1. The number of ketones is 2. The number of hydrogen-bond acceptors (Lipinski definition) is 21. The number of primary amides is 1. The van der Waals surface area contributed by atoms with Gasteiger partial charge in [0.05, 0.1) is 77.3 Å². The molecule has 654 valence electrons. The zero-order valence-electron chi connectivity index (χ0n) is 69.0. The summed E-state index contributed by atoms with van der Waals surface area (Å²) >= 11 is 0. The smallest absolute Gasteiger partial charge is 0.407 e. The maximum absolute atomic E-state index is 17.8. The molecule has 2 saturated carbocycles. The van der Waals surface area contributed by atoms with E-state index in [1.807, 2.05) is 55.5 Å². The Kier molecular flexibility index (Phi) is 38.1. The van der Waals surface area contributed by atoms with Crippen LogP contribution in [0.3, 0.4) is 0 Å². The minimum absolute atomic E-state index is 0.00188. The number of anilines is 2. The molecule has 7 rings (SSSR count). The fourth-order valence-corrected chi connectivity index (χ4v) is 15.4. The zero-order chi connectivity index (χ0) is 86.9. The summed E-state index contributed by atoms with van der Waals surface area (Å²) in [5.41, 5.74) is 2.56. The largest absolute Gasteiger partial charge is 0.481 e. The quantitative estimate of drug-likeness (QED) is 0.0206. The number of aliphatic hydroxyl groups excluding tert-OH is 1. The van der Waals surface area contributed by atoms with Crippen molar-refractivity contribution in [3.05, 3.63) is 125 Å². The van der Waals surface area contributed by atoms with Gasteiger partial charge in [0.15, 0.2) is 23.5 Å². The molecule has 10 amide bonds. The Hall–Kier alpha value is -9.94. The van der Waals surface area contributed by atoms with Gasteiger partial charge in [0.2, 0.25) is 41.4 Å². The van der Waals surface area contributed by atoms with Crippen LogP contribution < -0.4 is 53.2 Å². The monoisotopic (exact) mass is 1670 g/mol. The van der Waals surface area contributed by atoms with Crippen molar-refractivity contribution in [2.75, 3.05) is 96.0 Å². The summed E-state index contributed by atoms with van der Waals surface area (Å²) in [5.74, 6) is -7.75. The Bertz CT molecular complexity index is 4040. The number of para-hydroxylation sites is 1. The number of hydrogen-bond donors (Lipinski definition) is 11. The summed E-state index contributed by atoms with van der Waals surface area (Å²) in [6.07, 6.45) is -0.170. The Morgan fingerprint density at radius 1 is 0.723 bits per heavy atom. The van der Waals surface area contributed by atoms with Gasteiger partial charge in [-0.25, -0.2) is 18.4 Å². The summed E-state index contributed by atoms with van der Waals surface area (Å²) < 4.78 is 79.3. The molecule has 1 unspecified atom stereocenters. The number of aryl methyl sites for hydroxylation is 1. The molecule has 3 fully saturated rings. The van der Waals surface area contributed by atoms with Gasteiger partial charge in [0.25, 0.3) is 0 Å². The van der Waals surface area contributed by atoms with Gasteiger partial charge in [-0.05, 0) is 135 Å². The van der Waals surface area contributed by atoms with Crippen LogP contribution in [-0.4, -0.2) is 221 Å². The highest BCUT2D eigenvalue weighted by Gasteiger charge is 2.76. The molecule has 3 aliphatic carbocycles. The number of nitrogens with one attached hydrogen (secondary N) is 8. The first-order chi connectivity index (χ1) is 56.9. The van der Waals surface area contributed by atoms with Gasteiger partial charge in [-0.3, -0.25) is 47.9 Å². The number of benzene rings is 3. The van der Waals surface area contributed by atoms with Crippen LogP contribution in [0.25, 0.3) is 6.08 Å². The van der Waals surface area contributed by atoms with Gasteiger partial charge in [-0.1, -0.05) is 121 Å². The van der Waals surface area contributed by atoms with Gasteiger partial charge in [0, 0.05) is 55.3 Å². The lowest BCUT2D eigenvalue weighted by molar-refractivity contribution is -0.205. The van der Waals surface area contributed by atoms with E-state index in [2.05, 4.69) is 56.0 Å². The van der Waals surface area contributed by atoms with Gasteiger partial charge in [-0.15, -0.1) is 0 Å². The van der Waals surface area contributed by atoms with Crippen LogP contribution in [0, 0.1) is 22.7 Å². The van der Waals surface area contributed by atoms with Gasteiger partial charge >= 0.3 is 18.1 Å². The number of fused-ring (bicyclic) bond motifs is 3. The van der Waals surface area contributed by atoms with E-state index < -0.39 is 162 Å². The average molecular weight is 1670 g/mol. The summed E-state index contributed by atoms with van der Waals surface area (Å²) in [4.78, 5) is 159. The number of halogens is 2. The molecule has 32 nitrogen and oxygen atoms in total. The Labute approximate surface area is 692 Å². The number of ether oxygens (including phenoxy) is 8. The van der Waals surface area contributed by atoms with Crippen LogP contribution in [0.1, 0.15) is 154 Å². The highest BCUT2D eigenvalue weighted by Crippen LogP contribution is 2.68. The molecule has 0 bridgehead atoms. The predicted molar refractivity (Wildman–Crippen MR) is 433 cm³/mol. The molecule has 0 spiro atoms. The van der Waals surface area contributed by atoms with E-state index in [0.29, 0.717) is 24.9 Å². The molecule has 4 aliphatic rings. The van der Waals surface area contributed by atoms with Gasteiger partial charge in [0.1, 0.15) is 56.5 Å². The van der Waals surface area contributed by atoms with Gasteiger partial charge < -0.3 is 101 Å². The van der Waals surface area contributed by atoms with Crippen LogP contribution in [0.4, 0.5) is 29.7 Å². The van der Waals surface area contributed by atoms with Crippen LogP contribution in [0.15, 0.2) is 103 Å². The molecule has 3 aromatic rings. The molecule has 1 saturated heterocycles. The van der Waals surface area contributed by atoms with Crippen molar-refractivity contribution < 1.29 is 114 Å². The van der Waals surface area contributed by atoms with Crippen molar-refractivity contribution >= 4 is 88.5 Å². The molecule has 1 heterocycles. The molecule has 12 N–H and O–H groups in total. The molecular formula is C85H118F2N10O22. The SMILES string of the molecule is C=Cc1ccccc1N(Cc1ccccc1CC)C(=O)CCC(=O)NCCOCCOCCOCCOCCC(=O)N[C@@H](CCC(=O)O)C(=O)N[C@H](C(=O)N[C@@H](CCCNC(N)=O)C(=O)Nc1ccc(COC(=O)NCC(=O)NCOCC(=O)[C@@]23OC(CCC)O[C@@H]2C[C@H]2C[C@@](F)([C@@]4(C)C=CC(=O)C=C4[C@@H](F)CC)[C@@H](O)C[C@@]23C)cc1)C(C)C. The third-order valence-corrected chi connectivity index (χ3v) is 22.0. The number of allylic oxidation sites excluding steroid dienone is 4. The number of carbonyl (C=O) groups is 12. The number of alkyl carbamates (subject to hydrolysis) is 1. The number of rotatable bonds is 52. The standard InChI is InChI=1S/C85H118F2N10O22/c1-9-18-75-118-69-45-59-47-84(87,82(7)34-32-61(98)46-62(82)63(86)12-4)67(99)48-83(59,8)85(69,119-75)68(100)52-116-53-92-72(103)49-91-81(111)117-51-55-24-26-60(27-25-55)93-77(107)64(22-17-35-90-80(88)110)95-79(109)76(54(5)6)96-78(108)65(28-31-74(105)106)94-71(102)33-37-112-39-41-114-43-44-115-42-40-113-38-36-89-70(101)29-30-73(104)97(66-23-16-15-20-57(66)11-3)50-58-21-14-13-19-56(58)10-2/h11,13-16,19-21,23-27,32,34,46,54,59,63-65,67,69,75-76,99H,3,9-10,12,17-18,22,28-31,33,35-45,47-53H2,1-2,4-8H3,(H,89,101)(H,91,111)(H,92,103)(H,93,107)(H,94,102)(H,95,109)(H,96,108)(H,105,106)(H3,88,90,110)/t59-,63-,64-,65-,67-,69+,75?,76-,82-,83-,84-,85+/m0/s1. The number of carboxylic acid groups (broad SMARTS) is 1. The third kappa shape index (κ3) is 27.0. The molecule has 3 aromatic carbocycles. The van der Waals surface area contributed by atoms with Crippen molar-refractivity contribution in [2.24, 2.45) is 28.4 Å². The summed E-state index contributed by atoms with van der Waals surface area (Å²) in [5, 5.41) is 41.9. The number of carbonyl (C=O) groups excluding carboxylic acids is 11. The summed E-state index contributed by atoms with van der Waals surface area (Å²) in [6, 6.07) is 16.7. The third-order valence-electron chi connectivity index (χ3n) is 22.0. The van der Waals surface area contributed by atoms with E-state index in [-0.39, 0.29) is 160 Å². The number of nitrogens with two attached hydrogens (primary N) is 1. The minimum atomic E-state index is -2.44. The fourth-order valence-electron chi connectivity index (χ4n) is 15.4. The minimum Gasteiger partial charge on any atom is -0.481 e. The molecule has 0 aromatic heterocycles. The highest BCUT2D eigenvalue weighted by molar-refractivity contribution is 6.02. The van der Waals surface area contributed by atoms with Crippen molar-refractivity contribution in [2.45, 2.75) is 206 Å². The Morgan fingerprint density at radius 3 is 2.04 bits per heavy atom. The Balaban J connectivity index is 0.775. The Morgan fingerprint density at radius 2 is 1.39 bits per heavy atom. The lowest BCUT2D eigenvalue weighted by Crippen LogP contribution is -2.65. The number of aliphatic carboxylic acids is 1. The lowest BCUT2D eigenvalue weighted by atomic mass is 9.51. The first-order valence-electron chi connectivity index (χ1n) is 40.7. The van der Waals surface area contributed by atoms with Crippen LogP contribution in [0.5, 0.6) is 0 Å². The van der Waals surface area contributed by atoms with Crippen molar-refractivity contribution in [3.63, 3.8) is 0 Å². The maximum Gasteiger partial charge on any atom is 0.407 e. The molecule has 34 heteroatoms. The predicted octanol–water partition coefficient (Wildman–Crippen LogP) is 6.72. The lowest BCUT2D eigenvalue weighted by Gasteiger charge is -2.56. The number of carboxylic acids is 1. The van der Waals surface area contributed by atoms with E-state index >= 15 is 8.78 Å². The van der Waals surface area contributed by atoms with E-state index in [0.717, 1.165) is 34.9 Å². The summed E-state index contributed by atoms with van der Waals surface area (Å²) in [7, 11) is 0. The van der Waals surface area contributed by atoms with E-state index in [9.17, 15) is 67.7 Å². The normalized spacial score (nSPS) is 22.0. The maximum atomic E-state index is 17.8. The van der Waals surface area contributed by atoms with E-state index in [1.54, 1.807) is 38.7 Å². The number of Topliss-reactive ketones (excluding diaryl/α,β-unsaturated/α-hetero) is 1. The second kappa shape index (κ2) is 47.2. The number of urea groups is 1. The number of amides is 10. The van der Waals surface area contributed by atoms with E-state index in [4.69, 9.17) is 43.6 Å². The van der Waals surface area contributed by atoms with E-state index in [1.165, 1.54) is 43.3 Å². The van der Waals surface area contributed by atoms with Crippen molar-refractivity contribution in [1.82, 2.24) is 37.2 Å². The molecule has 0 radical (unpaired) electrons. The average Bonchev–Trinajstić information content (AvgIpc) is 1.53. The molecule has 1 aliphatic heterocycles. The van der Waals surface area contributed by atoms with Crippen LogP contribution in [-0.2, 0) is 105 Å². The second-order valence-electron chi connectivity index (χ2n) is 30.6. The van der Waals surface area contributed by atoms with Crippen LogP contribution >= 0.6 is 0 Å². The zero-order valence-corrected chi connectivity index (χ0v) is 69.0. The first kappa shape index (κ1) is 96.2. The fraction of sp³-hybridized carbons (Fsp3) is 0.576. The first-order valence-corrected chi connectivity index (χ1v) is 40.7. The topological polar surface area (TPSA) is 445 Å². The van der Waals surface area contributed by atoms with Crippen LogP contribution in [0.2, 0.25) is 0 Å². The summed E-state index contributed by atoms with van der Waals surface area (Å²) in [6.45, 7) is 16.0. The van der Waals surface area contributed by atoms with Crippen molar-refractivity contribution in [1.29, 1.82) is 0 Å². The van der Waals surface area contributed by atoms with Gasteiger partial charge in [-0.2, -0.15) is 0 Å². The number of alkyl halides is 2. The molecular weight excluding hydrogens is 1550 g/mol. The number of nitrogens with zero attached hydrogens (tertiary/aromatic N) is 1. The second-order valence-corrected chi connectivity index (χ2v) is 30.6. The van der Waals surface area contributed by atoms with Crippen molar-refractivity contribution in [3.8, 4) is 0 Å². The molecule has 12 atom stereocenters.